The van der Waals surface area contributed by atoms with Gasteiger partial charge in [0.1, 0.15) is 0 Å². The number of nitrogens with one attached hydrogen (secondary N) is 1. The fourth-order valence-corrected chi connectivity index (χ4v) is 2.16. The Bertz CT molecular complexity index is 280. The highest BCUT2D eigenvalue weighted by Gasteiger charge is 2.25. The van der Waals surface area contributed by atoms with Crippen LogP contribution in [0.4, 0.5) is 0 Å². The van der Waals surface area contributed by atoms with Gasteiger partial charge in [0, 0.05) is 6.04 Å². The van der Waals surface area contributed by atoms with Crippen molar-refractivity contribution < 1.29 is 0 Å². The van der Waals surface area contributed by atoms with E-state index in [2.05, 4.69) is 36.5 Å². The fraction of sp³-hybridized carbons (Fsp3) is 0.455. The molecule has 64 valence electrons. The summed E-state index contributed by atoms with van der Waals surface area (Å²) in [5, 5.41) is 3.35. The largest absolute Gasteiger partial charge is 0.313 e. The summed E-state index contributed by atoms with van der Waals surface area (Å²) in [4.78, 5) is 0. The highest BCUT2D eigenvalue weighted by Crippen LogP contribution is 2.39. The van der Waals surface area contributed by atoms with Crippen LogP contribution in [-0.4, -0.2) is 7.05 Å². The number of hydrogen-bond acceptors (Lipinski definition) is 1. The van der Waals surface area contributed by atoms with E-state index in [1.807, 2.05) is 7.05 Å². The Balaban J connectivity index is 2.43. The van der Waals surface area contributed by atoms with Crippen LogP contribution in [0.3, 0.4) is 0 Å². The van der Waals surface area contributed by atoms with E-state index in [4.69, 9.17) is 0 Å². The van der Waals surface area contributed by atoms with Crippen LogP contribution in [0.25, 0.3) is 0 Å². The molecule has 1 N–H and O–H groups in total. The third kappa shape index (κ3) is 1.05. The number of fused-ring (bicyclic) bond motifs is 1. The summed E-state index contributed by atoms with van der Waals surface area (Å²) in [5.41, 5.74) is 3.02. The van der Waals surface area contributed by atoms with Gasteiger partial charge in [-0.2, -0.15) is 0 Å². The van der Waals surface area contributed by atoms with Gasteiger partial charge in [-0.15, -0.1) is 0 Å². The Hall–Kier alpha value is -0.820. The van der Waals surface area contributed by atoms with Crippen molar-refractivity contribution in [3.63, 3.8) is 0 Å². The van der Waals surface area contributed by atoms with E-state index in [0.29, 0.717) is 6.04 Å². The first-order chi connectivity index (χ1) is 5.83. The maximum absolute atomic E-state index is 3.35. The van der Waals surface area contributed by atoms with Crippen LogP contribution in [-0.2, 0) is 0 Å². The minimum atomic E-state index is 0.580. The topological polar surface area (TPSA) is 12.0 Å². The van der Waals surface area contributed by atoms with Crippen molar-refractivity contribution in [1.82, 2.24) is 5.32 Å². The zero-order chi connectivity index (χ0) is 8.55. The van der Waals surface area contributed by atoms with Gasteiger partial charge in [-0.1, -0.05) is 31.2 Å². The van der Waals surface area contributed by atoms with Crippen LogP contribution in [0.15, 0.2) is 24.3 Å². The Labute approximate surface area is 73.8 Å². The standard InChI is InChI=1S/C11H15N/c1-8-7-11(12-2)10-6-4-3-5-9(8)10/h3-6,8,11-12H,7H2,1-2H3. The van der Waals surface area contributed by atoms with E-state index in [1.165, 1.54) is 17.5 Å². The first kappa shape index (κ1) is 7.81. The summed E-state index contributed by atoms with van der Waals surface area (Å²) < 4.78 is 0. The van der Waals surface area contributed by atoms with Crippen molar-refractivity contribution in [3.8, 4) is 0 Å². The smallest absolute Gasteiger partial charge is 0.0326 e. The lowest BCUT2D eigenvalue weighted by Crippen LogP contribution is -2.12. The van der Waals surface area contributed by atoms with Gasteiger partial charge >= 0.3 is 0 Å². The molecule has 12 heavy (non-hydrogen) atoms. The summed E-state index contributed by atoms with van der Waals surface area (Å²) in [7, 11) is 2.04. The SMILES string of the molecule is CNC1CC(C)c2ccccc21. The third-order valence-electron chi connectivity index (χ3n) is 2.84. The summed E-state index contributed by atoms with van der Waals surface area (Å²) in [6, 6.07) is 9.32. The molecule has 0 saturated heterocycles. The highest BCUT2D eigenvalue weighted by atomic mass is 14.9. The van der Waals surface area contributed by atoms with E-state index in [9.17, 15) is 0 Å². The third-order valence-corrected chi connectivity index (χ3v) is 2.84. The number of benzene rings is 1. The zero-order valence-electron chi connectivity index (χ0n) is 7.67. The normalized spacial score (nSPS) is 27.2. The van der Waals surface area contributed by atoms with Crippen molar-refractivity contribution in [2.45, 2.75) is 25.3 Å². The van der Waals surface area contributed by atoms with Crippen LogP contribution in [0.5, 0.6) is 0 Å². The van der Waals surface area contributed by atoms with Gasteiger partial charge in [0.05, 0.1) is 0 Å². The number of hydrogen-bond donors (Lipinski definition) is 1. The molecule has 0 aromatic heterocycles. The van der Waals surface area contributed by atoms with Crippen molar-refractivity contribution in [2.24, 2.45) is 0 Å². The molecule has 0 fully saturated rings. The van der Waals surface area contributed by atoms with Crippen molar-refractivity contribution >= 4 is 0 Å². The summed E-state index contributed by atoms with van der Waals surface area (Å²) >= 11 is 0. The lowest BCUT2D eigenvalue weighted by atomic mass is 10.0. The predicted octanol–water partition coefficient (Wildman–Crippen LogP) is 2.45. The van der Waals surface area contributed by atoms with Gasteiger partial charge in [0.2, 0.25) is 0 Å². The fourth-order valence-electron chi connectivity index (χ4n) is 2.16. The summed E-state index contributed by atoms with van der Waals surface area (Å²) in [6.45, 7) is 2.30. The molecule has 0 amide bonds. The molecule has 2 unspecified atom stereocenters. The molecular weight excluding hydrogens is 146 g/mol. The van der Waals surface area contributed by atoms with E-state index in [-0.39, 0.29) is 0 Å². The zero-order valence-corrected chi connectivity index (χ0v) is 7.67. The van der Waals surface area contributed by atoms with Crippen molar-refractivity contribution in [3.05, 3.63) is 35.4 Å². The lowest BCUT2D eigenvalue weighted by Gasteiger charge is -2.08. The molecule has 1 aliphatic carbocycles. The minimum absolute atomic E-state index is 0.580. The van der Waals surface area contributed by atoms with Gasteiger partial charge in [0.15, 0.2) is 0 Å². The van der Waals surface area contributed by atoms with Gasteiger partial charge < -0.3 is 5.32 Å². The Morgan fingerprint density at radius 2 is 1.92 bits per heavy atom. The maximum atomic E-state index is 3.35. The summed E-state index contributed by atoms with van der Waals surface area (Å²) in [5.74, 6) is 0.721. The monoisotopic (exact) mass is 161 g/mol. The molecule has 0 aliphatic heterocycles. The van der Waals surface area contributed by atoms with Crippen molar-refractivity contribution in [2.75, 3.05) is 7.05 Å². The highest BCUT2D eigenvalue weighted by molar-refractivity contribution is 5.37. The first-order valence-corrected chi connectivity index (χ1v) is 4.59. The molecule has 0 saturated carbocycles. The second-order valence-corrected chi connectivity index (χ2v) is 3.61. The lowest BCUT2D eigenvalue weighted by molar-refractivity contribution is 0.553. The predicted molar refractivity (Wildman–Crippen MR) is 51.3 cm³/mol. The van der Waals surface area contributed by atoms with Crippen LogP contribution < -0.4 is 5.32 Å². The Kier molecular flexibility index (Phi) is 1.89. The van der Waals surface area contributed by atoms with Gasteiger partial charge in [-0.05, 0) is 30.5 Å². The molecule has 0 heterocycles. The molecule has 0 radical (unpaired) electrons. The molecule has 0 spiro atoms. The molecule has 2 atom stereocenters. The van der Waals surface area contributed by atoms with Gasteiger partial charge in [-0.25, -0.2) is 0 Å². The van der Waals surface area contributed by atoms with Gasteiger partial charge in [0.25, 0.3) is 0 Å². The molecule has 0 bridgehead atoms. The van der Waals surface area contributed by atoms with Crippen LogP contribution in [0, 0.1) is 0 Å². The molecule has 1 aromatic rings. The molecule has 1 aliphatic rings. The van der Waals surface area contributed by atoms with Crippen molar-refractivity contribution in [1.29, 1.82) is 0 Å². The Morgan fingerprint density at radius 3 is 2.58 bits per heavy atom. The molecule has 2 rings (SSSR count). The molecular formula is C11H15N. The molecule has 1 nitrogen and oxygen atoms in total. The second-order valence-electron chi connectivity index (χ2n) is 3.61. The van der Waals surface area contributed by atoms with E-state index in [1.54, 1.807) is 0 Å². The average molecular weight is 161 g/mol. The maximum Gasteiger partial charge on any atom is 0.0326 e. The number of rotatable bonds is 1. The second kappa shape index (κ2) is 2.91. The van der Waals surface area contributed by atoms with E-state index < -0.39 is 0 Å². The summed E-state index contributed by atoms with van der Waals surface area (Å²) in [6.07, 6.45) is 1.25. The van der Waals surface area contributed by atoms with E-state index in [0.717, 1.165) is 5.92 Å². The average Bonchev–Trinajstić information content (AvgIpc) is 2.44. The quantitative estimate of drug-likeness (QED) is 0.667. The minimum Gasteiger partial charge on any atom is -0.313 e. The van der Waals surface area contributed by atoms with E-state index >= 15 is 0 Å². The molecule has 1 heteroatoms. The van der Waals surface area contributed by atoms with Gasteiger partial charge in [-0.3, -0.25) is 0 Å². The van der Waals surface area contributed by atoms with Crippen LogP contribution >= 0.6 is 0 Å². The van der Waals surface area contributed by atoms with Crippen LogP contribution in [0.1, 0.15) is 36.4 Å². The first-order valence-electron chi connectivity index (χ1n) is 4.59. The Morgan fingerprint density at radius 1 is 1.25 bits per heavy atom. The van der Waals surface area contributed by atoms with Crippen LogP contribution in [0.2, 0.25) is 0 Å². The molecule has 1 aromatic carbocycles.